The van der Waals surface area contributed by atoms with Crippen molar-refractivity contribution in [2.75, 3.05) is 26.7 Å². The Hall–Kier alpha value is -1.16. The highest BCUT2D eigenvalue weighted by atomic mass is 32.1. The molecular formula is C18H23NOS. The molecule has 3 rings (SSSR count). The maximum atomic E-state index is 6.22. The third-order valence-electron chi connectivity index (χ3n) is 4.14. The molecule has 1 aromatic carbocycles. The Morgan fingerprint density at radius 3 is 2.81 bits per heavy atom. The molecule has 2 unspecified atom stereocenters. The molecular weight excluding hydrogens is 278 g/mol. The lowest BCUT2D eigenvalue weighted by Crippen LogP contribution is -2.30. The van der Waals surface area contributed by atoms with Crippen LogP contribution in [0.4, 0.5) is 0 Å². The van der Waals surface area contributed by atoms with Crippen LogP contribution in [0.5, 0.6) is 0 Å². The van der Waals surface area contributed by atoms with Crippen LogP contribution in [-0.4, -0.2) is 31.6 Å². The lowest BCUT2D eigenvalue weighted by Gasteiger charge is -2.32. The fraction of sp³-hybridized carbons (Fsp3) is 0.444. The van der Waals surface area contributed by atoms with Crippen LogP contribution in [0.3, 0.4) is 0 Å². The Bertz CT molecular complexity index is 566. The summed E-state index contributed by atoms with van der Waals surface area (Å²) < 4.78 is 6.22. The molecule has 2 atom stereocenters. The minimum atomic E-state index is 0.233. The standard InChI is InChI=1S/C18H23NOS/c1-3-10-19(2)12-17-18-15(9-11-21-18)16(13-20-17)14-7-5-4-6-8-14/h4-9,11,16-17H,3,10,12-13H2,1-2H3. The summed E-state index contributed by atoms with van der Waals surface area (Å²) in [6, 6.07) is 13.0. The molecule has 2 heterocycles. The van der Waals surface area contributed by atoms with E-state index in [9.17, 15) is 0 Å². The second-order valence-electron chi connectivity index (χ2n) is 5.79. The normalized spacial score (nSPS) is 21.5. The van der Waals surface area contributed by atoms with Crippen molar-refractivity contribution in [3.8, 4) is 0 Å². The third-order valence-corrected chi connectivity index (χ3v) is 5.17. The van der Waals surface area contributed by atoms with E-state index < -0.39 is 0 Å². The molecule has 0 bridgehead atoms. The molecule has 3 heteroatoms. The van der Waals surface area contributed by atoms with Crippen molar-refractivity contribution < 1.29 is 4.74 Å². The minimum Gasteiger partial charge on any atom is -0.370 e. The summed E-state index contributed by atoms with van der Waals surface area (Å²) in [6.07, 6.45) is 1.42. The molecule has 0 N–H and O–H groups in total. The zero-order valence-corrected chi connectivity index (χ0v) is 13.6. The van der Waals surface area contributed by atoms with Gasteiger partial charge in [0.15, 0.2) is 0 Å². The van der Waals surface area contributed by atoms with Gasteiger partial charge in [0.1, 0.15) is 6.10 Å². The third kappa shape index (κ3) is 3.20. The van der Waals surface area contributed by atoms with Crippen LogP contribution in [0.15, 0.2) is 41.8 Å². The van der Waals surface area contributed by atoms with E-state index in [1.54, 1.807) is 0 Å². The average Bonchev–Trinajstić information content (AvgIpc) is 2.98. The summed E-state index contributed by atoms with van der Waals surface area (Å²) in [5, 5.41) is 2.21. The Kier molecular flexibility index (Phi) is 4.73. The van der Waals surface area contributed by atoms with Crippen LogP contribution < -0.4 is 0 Å². The molecule has 0 spiro atoms. The van der Waals surface area contributed by atoms with Crippen LogP contribution in [0.25, 0.3) is 0 Å². The van der Waals surface area contributed by atoms with E-state index in [0.717, 1.165) is 19.7 Å². The zero-order valence-electron chi connectivity index (χ0n) is 12.8. The monoisotopic (exact) mass is 301 g/mol. The van der Waals surface area contributed by atoms with Crippen molar-refractivity contribution in [3.05, 3.63) is 57.8 Å². The van der Waals surface area contributed by atoms with Crippen molar-refractivity contribution in [1.29, 1.82) is 0 Å². The van der Waals surface area contributed by atoms with Gasteiger partial charge in [-0.3, -0.25) is 0 Å². The summed E-state index contributed by atoms with van der Waals surface area (Å²) in [7, 11) is 2.18. The number of nitrogens with zero attached hydrogens (tertiary/aromatic N) is 1. The fourth-order valence-corrected chi connectivity index (χ4v) is 4.11. The van der Waals surface area contributed by atoms with Crippen molar-refractivity contribution in [2.24, 2.45) is 0 Å². The predicted molar refractivity (Wildman–Crippen MR) is 89.1 cm³/mol. The predicted octanol–water partition coefficient (Wildman–Crippen LogP) is 4.29. The first-order valence-corrected chi connectivity index (χ1v) is 8.60. The van der Waals surface area contributed by atoms with E-state index in [0.29, 0.717) is 5.92 Å². The first kappa shape index (κ1) is 14.8. The van der Waals surface area contributed by atoms with Gasteiger partial charge in [0, 0.05) is 17.3 Å². The zero-order chi connectivity index (χ0) is 14.7. The summed E-state index contributed by atoms with van der Waals surface area (Å²) in [6.45, 7) is 5.13. The maximum Gasteiger partial charge on any atom is 0.105 e. The maximum absolute atomic E-state index is 6.22. The number of thiophene rings is 1. The van der Waals surface area contributed by atoms with Crippen LogP contribution in [0, 0.1) is 0 Å². The smallest absolute Gasteiger partial charge is 0.105 e. The second kappa shape index (κ2) is 6.73. The summed E-state index contributed by atoms with van der Waals surface area (Å²) in [5.41, 5.74) is 2.82. The number of hydrogen-bond acceptors (Lipinski definition) is 3. The largest absolute Gasteiger partial charge is 0.370 e. The molecule has 1 aromatic heterocycles. The minimum absolute atomic E-state index is 0.233. The van der Waals surface area contributed by atoms with Gasteiger partial charge in [-0.25, -0.2) is 0 Å². The van der Waals surface area contributed by atoms with E-state index in [1.807, 2.05) is 11.3 Å². The number of hydrogen-bond donors (Lipinski definition) is 0. The first-order valence-electron chi connectivity index (χ1n) is 7.72. The van der Waals surface area contributed by atoms with Gasteiger partial charge in [-0.2, -0.15) is 0 Å². The van der Waals surface area contributed by atoms with Gasteiger partial charge in [-0.05, 0) is 42.6 Å². The summed E-state index contributed by atoms with van der Waals surface area (Å²) >= 11 is 1.84. The van der Waals surface area contributed by atoms with Gasteiger partial charge in [-0.15, -0.1) is 11.3 Å². The fourth-order valence-electron chi connectivity index (χ4n) is 3.11. The number of likely N-dealkylation sites (N-methyl/N-ethyl adjacent to an activating group) is 1. The van der Waals surface area contributed by atoms with Crippen molar-refractivity contribution in [2.45, 2.75) is 25.4 Å². The van der Waals surface area contributed by atoms with Crippen LogP contribution in [-0.2, 0) is 4.74 Å². The van der Waals surface area contributed by atoms with Gasteiger partial charge in [-0.1, -0.05) is 37.3 Å². The molecule has 0 saturated heterocycles. The molecule has 0 amide bonds. The molecule has 2 nitrogen and oxygen atoms in total. The molecule has 112 valence electrons. The van der Waals surface area contributed by atoms with Gasteiger partial charge in [0.2, 0.25) is 0 Å². The number of fused-ring (bicyclic) bond motifs is 1. The average molecular weight is 301 g/mol. The molecule has 0 saturated carbocycles. The number of benzene rings is 1. The topological polar surface area (TPSA) is 12.5 Å². The van der Waals surface area contributed by atoms with E-state index in [-0.39, 0.29) is 6.10 Å². The quantitative estimate of drug-likeness (QED) is 0.816. The highest BCUT2D eigenvalue weighted by Crippen LogP contribution is 2.40. The lowest BCUT2D eigenvalue weighted by molar-refractivity contribution is 0.0167. The van der Waals surface area contributed by atoms with E-state index in [2.05, 4.69) is 60.6 Å². The highest BCUT2D eigenvalue weighted by molar-refractivity contribution is 7.10. The Morgan fingerprint density at radius 2 is 2.05 bits per heavy atom. The molecule has 2 aromatic rings. The van der Waals surface area contributed by atoms with Gasteiger partial charge >= 0.3 is 0 Å². The van der Waals surface area contributed by atoms with E-state index in [1.165, 1.54) is 22.4 Å². The molecule has 0 aliphatic carbocycles. The summed E-state index contributed by atoms with van der Waals surface area (Å²) in [4.78, 5) is 3.79. The second-order valence-corrected chi connectivity index (χ2v) is 6.74. The molecule has 1 aliphatic heterocycles. The van der Waals surface area contributed by atoms with Gasteiger partial charge in [0.25, 0.3) is 0 Å². The van der Waals surface area contributed by atoms with Crippen molar-refractivity contribution in [1.82, 2.24) is 4.90 Å². The number of rotatable bonds is 5. The van der Waals surface area contributed by atoms with E-state index in [4.69, 9.17) is 4.74 Å². The molecule has 0 radical (unpaired) electrons. The van der Waals surface area contributed by atoms with Crippen molar-refractivity contribution in [3.63, 3.8) is 0 Å². The van der Waals surface area contributed by atoms with Crippen LogP contribution in [0.1, 0.15) is 41.4 Å². The van der Waals surface area contributed by atoms with Gasteiger partial charge < -0.3 is 9.64 Å². The lowest BCUT2D eigenvalue weighted by atomic mass is 9.89. The molecule has 0 fully saturated rings. The molecule has 21 heavy (non-hydrogen) atoms. The Balaban J connectivity index is 1.81. The molecule has 1 aliphatic rings. The Labute approximate surface area is 131 Å². The van der Waals surface area contributed by atoms with E-state index >= 15 is 0 Å². The van der Waals surface area contributed by atoms with Gasteiger partial charge in [0.05, 0.1) is 6.61 Å². The first-order chi connectivity index (χ1) is 10.3. The Morgan fingerprint density at radius 1 is 1.24 bits per heavy atom. The highest BCUT2D eigenvalue weighted by Gasteiger charge is 2.30. The van der Waals surface area contributed by atoms with Crippen LogP contribution in [0.2, 0.25) is 0 Å². The van der Waals surface area contributed by atoms with Crippen LogP contribution >= 0.6 is 11.3 Å². The number of ether oxygens (including phenoxy) is 1. The SMILES string of the molecule is CCCN(C)CC1OCC(c2ccccc2)c2ccsc21. The summed E-state index contributed by atoms with van der Waals surface area (Å²) in [5.74, 6) is 0.389. The van der Waals surface area contributed by atoms with Crippen molar-refractivity contribution >= 4 is 11.3 Å².